The number of rotatable bonds is 4. The van der Waals surface area contributed by atoms with Crippen molar-refractivity contribution in [2.45, 2.75) is 52.0 Å². The maximum absolute atomic E-state index is 13.7. The van der Waals surface area contributed by atoms with E-state index >= 15 is 0 Å². The van der Waals surface area contributed by atoms with Gasteiger partial charge in [-0.2, -0.15) is 14.8 Å². The van der Waals surface area contributed by atoms with Crippen molar-refractivity contribution in [3.8, 4) is 5.95 Å². The Kier molecular flexibility index (Phi) is 4.48. The van der Waals surface area contributed by atoms with E-state index in [1.807, 2.05) is 6.92 Å². The summed E-state index contributed by atoms with van der Waals surface area (Å²) in [4.78, 5) is 7.05. The predicted molar refractivity (Wildman–Crippen MR) is 96.9 cm³/mol. The molecule has 0 radical (unpaired) electrons. The number of hydrogen-bond donors (Lipinski definition) is 0. The normalized spacial score (nSPS) is 16.8. The summed E-state index contributed by atoms with van der Waals surface area (Å²) >= 11 is 0. The van der Waals surface area contributed by atoms with E-state index in [9.17, 15) is 4.39 Å². The van der Waals surface area contributed by atoms with E-state index < -0.39 is 0 Å². The fraction of sp³-hybridized carbons (Fsp3) is 0.526. The molecular weight excluding hydrogens is 333 g/mol. The van der Waals surface area contributed by atoms with E-state index in [0.717, 1.165) is 43.4 Å². The topological polar surface area (TPSA) is 60.0 Å². The second-order valence-corrected chi connectivity index (χ2v) is 7.21. The number of aromatic nitrogens is 4. The number of nitrogens with zero attached hydrogens (tertiary/aromatic N) is 5. The molecule has 0 bridgehead atoms. The van der Waals surface area contributed by atoms with Crippen LogP contribution in [0.25, 0.3) is 16.9 Å². The van der Waals surface area contributed by atoms with E-state index in [4.69, 9.17) is 4.52 Å². The molecule has 1 fully saturated rings. The van der Waals surface area contributed by atoms with Crippen LogP contribution in [0.1, 0.15) is 51.1 Å². The van der Waals surface area contributed by atoms with Crippen LogP contribution in [0.2, 0.25) is 0 Å². The highest BCUT2D eigenvalue weighted by molar-refractivity contribution is 5.83. The van der Waals surface area contributed by atoms with Crippen molar-refractivity contribution >= 4 is 10.9 Å². The van der Waals surface area contributed by atoms with Crippen LogP contribution in [0.4, 0.5) is 4.39 Å². The Balaban J connectivity index is 1.63. The van der Waals surface area contributed by atoms with Gasteiger partial charge in [0.15, 0.2) is 0 Å². The van der Waals surface area contributed by atoms with Crippen LogP contribution in [0.15, 0.2) is 22.7 Å². The second-order valence-electron chi connectivity index (χ2n) is 7.21. The Bertz CT molecular complexity index is 908. The highest BCUT2D eigenvalue weighted by Gasteiger charge is 2.27. The van der Waals surface area contributed by atoms with Crippen molar-refractivity contribution in [2.75, 3.05) is 13.1 Å². The zero-order chi connectivity index (χ0) is 18.3. The first-order valence-corrected chi connectivity index (χ1v) is 9.32. The summed E-state index contributed by atoms with van der Waals surface area (Å²) in [7, 11) is 0. The van der Waals surface area contributed by atoms with Gasteiger partial charge in [0.05, 0.1) is 11.2 Å². The van der Waals surface area contributed by atoms with Crippen LogP contribution in [-0.4, -0.2) is 44.0 Å². The van der Waals surface area contributed by atoms with Gasteiger partial charge in [0.2, 0.25) is 5.89 Å². The first-order chi connectivity index (χ1) is 12.6. The van der Waals surface area contributed by atoms with E-state index in [1.165, 1.54) is 12.1 Å². The van der Waals surface area contributed by atoms with Crippen molar-refractivity contribution in [3.05, 3.63) is 35.6 Å². The smallest absolute Gasteiger partial charge is 0.291 e. The Morgan fingerprint density at radius 3 is 2.73 bits per heavy atom. The molecule has 0 N–H and O–H groups in total. The van der Waals surface area contributed by atoms with Crippen LogP contribution >= 0.6 is 0 Å². The standard InChI is InChI=1S/C19H24FN5O/c1-4-16-15-6-5-14(20)11-17(15)25(22-16)19-21-18(26-23-19)13-7-9-24(10-8-13)12(2)3/h5-6,11-13H,4,7-10H2,1-3H3. The highest BCUT2D eigenvalue weighted by Crippen LogP contribution is 2.29. The minimum atomic E-state index is -0.300. The van der Waals surface area contributed by atoms with Crippen molar-refractivity contribution in [1.29, 1.82) is 0 Å². The summed E-state index contributed by atoms with van der Waals surface area (Å²) < 4.78 is 20.9. The molecule has 0 spiro atoms. The maximum Gasteiger partial charge on any atom is 0.291 e. The monoisotopic (exact) mass is 357 g/mol. The number of aryl methyl sites for hydroxylation is 1. The molecule has 1 aliphatic heterocycles. The third kappa shape index (κ3) is 3.00. The molecule has 138 valence electrons. The average Bonchev–Trinajstić information content (AvgIpc) is 3.26. The molecular formula is C19H24FN5O. The van der Waals surface area contributed by atoms with E-state index in [0.29, 0.717) is 23.4 Å². The molecule has 7 heteroatoms. The molecule has 4 rings (SSSR count). The molecule has 3 aromatic rings. The quantitative estimate of drug-likeness (QED) is 0.712. The summed E-state index contributed by atoms with van der Waals surface area (Å²) in [5.41, 5.74) is 1.57. The Morgan fingerprint density at radius 2 is 2.04 bits per heavy atom. The molecule has 0 saturated carbocycles. The summed E-state index contributed by atoms with van der Waals surface area (Å²) in [5, 5.41) is 9.61. The lowest BCUT2D eigenvalue weighted by atomic mass is 9.96. The number of likely N-dealkylation sites (tertiary alicyclic amines) is 1. The van der Waals surface area contributed by atoms with Gasteiger partial charge >= 0.3 is 0 Å². The van der Waals surface area contributed by atoms with Gasteiger partial charge in [0.1, 0.15) is 5.82 Å². The number of halogens is 1. The van der Waals surface area contributed by atoms with Gasteiger partial charge in [0.25, 0.3) is 5.95 Å². The minimum Gasteiger partial charge on any atom is -0.337 e. The van der Waals surface area contributed by atoms with E-state index in [-0.39, 0.29) is 11.7 Å². The third-order valence-electron chi connectivity index (χ3n) is 5.28. The zero-order valence-electron chi connectivity index (χ0n) is 15.4. The van der Waals surface area contributed by atoms with Crippen LogP contribution in [0.3, 0.4) is 0 Å². The van der Waals surface area contributed by atoms with Crippen molar-refractivity contribution in [1.82, 2.24) is 24.8 Å². The van der Waals surface area contributed by atoms with Crippen molar-refractivity contribution in [2.24, 2.45) is 0 Å². The van der Waals surface area contributed by atoms with Crippen molar-refractivity contribution < 1.29 is 8.91 Å². The molecule has 0 aliphatic carbocycles. The van der Waals surface area contributed by atoms with Crippen LogP contribution < -0.4 is 0 Å². The number of hydrogen-bond acceptors (Lipinski definition) is 5. The number of piperidine rings is 1. The van der Waals surface area contributed by atoms with Crippen LogP contribution in [0, 0.1) is 5.82 Å². The molecule has 1 saturated heterocycles. The fourth-order valence-corrected chi connectivity index (χ4v) is 3.71. The average molecular weight is 357 g/mol. The summed E-state index contributed by atoms with van der Waals surface area (Å²) in [6, 6.07) is 5.25. The van der Waals surface area contributed by atoms with Crippen molar-refractivity contribution in [3.63, 3.8) is 0 Å². The van der Waals surface area contributed by atoms with Gasteiger partial charge in [-0.1, -0.05) is 6.92 Å². The maximum atomic E-state index is 13.7. The lowest BCUT2D eigenvalue weighted by molar-refractivity contribution is 0.160. The molecule has 2 aromatic heterocycles. The summed E-state index contributed by atoms with van der Waals surface area (Å²) in [6.45, 7) is 8.54. The number of benzene rings is 1. The van der Waals surface area contributed by atoms with Gasteiger partial charge in [-0.3, -0.25) is 0 Å². The zero-order valence-corrected chi connectivity index (χ0v) is 15.4. The summed E-state index contributed by atoms with van der Waals surface area (Å²) in [5.74, 6) is 1.00. The molecule has 0 atom stereocenters. The lowest BCUT2D eigenvalue weighted by Crippen LogP contribution is -2.37. The Labute approximate surface area is 152 Å². The third-order valence-corrected chi connectivity index (χ3v) is 5.28. The van der Waals surface area contributed by atoms with Gasteiger partial charge in [-0.05, 0) is 63.5 Å². The fourth-order valence-electron chi connectivity index (χ4n) is 3.71. The van der Waals surface area contributed by atoms with Crippen LogP contribution in [-0.2, 0) is 6.42 Å². The predicted octanol–water partition coefficient (Wildman–Crippen LogP) is 3.70. The Morgan fingerprint density at radius 1 is 1.27 bits per heavy atom. The van der Waals surface area contributed by atoms with Crippen LogP contribution in [0.5, 0.6) is 0 Å². The first-order valence-electron chi connectivity index (χ1n) is 9.32. The second kappa shape index (κ2) is 6.79. The Hall–Kier alpha value is -2.28. The molecule has 26 heavy (non-hydrogen) atoms. The molecule has 0 amide bonds. The van der Waals surface area contributed by atoms with Gasteiger partial charge in [-0.25, -0.2) is 4.39 Å². The minimum absolute atomic E-state index is 0.274. The molecule has 1 aromatic carbocycles. The number of fused-ring (bicyclic) bond motifs is 1. The van der Waals surface area contributed by atoms with Gasteiger partial charge in [0, 0.05) is 23.4 Å². The lowest BCUT2D eigenvalue weighted by Gasteiger charge is -2.33. The first kappa shape index (κ1) is 17.1. The summed E-state index contributed by atoms with van der Waals surface area (Å²) in [6.07, 6.45) is 2.77. The molecule has 6 nitrogen and oxygen atoms in total. The van der Waals surface area contributed by atoms with E-state index in [1.54, 1.807) is 10.7 Å². The SMILES string of the molecule is CCc1nn(-c2noc(C3CCN(C(C)C)CC3)n2)c2cc(F)ccc12. The molecule has 0 unspecified atom stereocenters. The highest BCUT2D eigenvalue weighted by atomic mass is 19.1. The van der Waals surface area contributed by atoms with E-state index in [2.05, 4.69) is 34.0 Å². The van der Waals surface area contributed by atoms with Gasteiger partial charge in [-0.15, -0.1) is 0 Å². The largest absolute Gasteiger partial charge is 0.337 e. The molecule has 1 aliphatic rings. The van der Waals surface area contributed by atoms with Gasteiger partial charge < -0.3 is 9.42 Å². The molecule has 3 heterocycles.